The Labute approximate surface area is 81.0 Å². The largest absolute Gasteiger partial charge is 0.376 e. The van der Waals surface area contributed by atoms with Crippen molar-refractivity contribution in [1.82, 2.24) is 5.32 Å². The number of carbonyl (C=O) groups excluding carboxylic acids is 1. The van der Waals surface area contributed by atoms with Gasteiger partial charge in [0.25, 0.3) is 0 Å². The van der Waals surface area contributed by atoms with Crippen molar-refractivity contribution in [2.75, 3.05) is 18.5 Å². The zero-order valence-corrected chi connectivity index (χ0v) is 8.60. The SMILES string of the molecule is O=C(CCBr)NCC1CCCO1. The number of ether oxygens (including phenoxy) is 1. The molecule has 1 amide bonds. The third-order valence-electron chi connectivity index (χ3n) is 1.87. The molecule has 0 aliphatic carbocycles. The summed E-state index contributed by atoms with van der Waals surface area (Å²) in [6, 6.07) is 0. The smallest absolute Gasteiger partial charge is 0.220 e. The quantitative estimate of drug-likeness (QED) is 0.741. The molecular weight excluding hydrogens is 222 g/mol. The summed E-state index contributed by atoms with van der Waals surface area (Å²) in [5.41, 5.74) is 0. The fourth-order valence-corrected chi connectivity index (χ4v) is 1.57. The van der Waals surface area contributed by atoms with Gasteiger partial charge in [0.1, 0.15) is 0 Å². The van der Waals surface area contributed by atoms with Crippen molar-refractivity contribution in [2.45, 2.75) is 25.4 Å². The molecule has 1 saturated heterocycles. The number of hydrogen-bond acceptors (Lipinski definition) is 2. The third kappa shape index (κ3) is 3.54. The number of carbonyl (C=O) groups is 1. The minimum absolute atomic E-state index is 0.0994. The van der Waals surface area contributed by atoms with E-state index < -0.39 is 0 Å². The molecule has 0 spiro atoms. The Balaban J connectivity index is 2.03. The Morgan fingerprint density at radius 2 is 2.50 bits per heavy atom. The monoisotopic (exact) mass is 235 g/mol. The second kappa shape index (κ2) is 5.54. The van der Waals surface area contributed by atoms with E-state index >= 15 is 0 Å². The van der Waals surface area contributed by atoms with Crippen LogP contribution < -0.4 is 5.32 Å². The van der Waals surface area contributed by atoms with E-state index in [2.05, 4.69) is 21.2 Å². The van der Waals surface area contributed by atoms with Crippen molar-refractivity contribution in [3.63, 3.8) is 0 Å². The molecule has 1 N–H and O–H groups in total. The second-order valence-corrected chi connectivity index (χ2v) is 3.67. The predicted octanol–water partition coefficient (Wildman–Crippen LogP) is 1.07. The first-order chi connectivity index (χ1) is 5.83. The molecule has 0 bridgehead atoms. The summed E-state index contributed by atoms with van der Waals surface area (Å²) in [5, 5.41) is 3.56. The average molecular weight is 236 g/mol. The third-order valence-corrected chi connectivity index (χ3v) is 2.27. The number of nitrogens with one attached hydrogen (secondary N) is 1. The van der Waals surface area contributed by atoms with Gasteiger partial charge in [-0.15, -0.1) is 0 Å². The van der Waals surface area contributed by atoms with Gasteiger partial charge >= 0.3 is 0 Å². The van der Waals surface area contributed by atoms with Crippen LogP contribution in [-0.4, -0.2) is 30.5 Å². The van der Waals surface area contributed by atoms with Gasteiger partial charge < -0.3 is 10.1 Å². The summed E-state index contributed by atoms with van der Waals surface area (Å²) < 4.78 is 5.36. The molecule has 1 rings (SSSR count). The molecule has 0 saturated carbocycles. The minimum Gasteiger partial charge on any atom is -0.376 e. The minimum atomic E-state index is 0.0994. The molecule has 1 unspecified atom stereocenters. The Kier molecular flexibility index (Phi) is 4.61. The first kappa shape index (κ1) is 9.99. The molecule has 1 aliphatic heterocycles. The molecule has 1 aliphatic rings. The Morgan fingerprint density at radius 3 is 3.08 bits per heavy atom. The van der Waals surface area contributed by atoms with Gasteiger partial charge in [0.2, 0.25) is 5.91 Å². The molecule has 12 heavy (non-hydrogen) atoms. The molecule has 1 fully saturated rings. The molecule has 0 aromatic heterocycles. The standard InChI is InChI=1S/C8H14BrNO2/c9-4-3-8(11)10-6-7-2-1-5-12-7/h7H,1-6H2,(H,10,11). The molecule has 0 aromatic carbocycles. The van der Waals surface area contributed by atoms with Crippen molar-refractivity contribution in [3.05, 3.63) is 0 Å². The van der Waals surface area contributed by atoms with Crippen LogP contribution in [0.4, 0.5) is 0 Å². The maximum Gasteiger partial charge on any atom is 0.220 e. The first-order valence-electron chi connectivity index (χ1n) is 4.27. The Morgan fingerprint density at radius 1 is 1.67 bits per heavy atom. The van der Waals surface area contributed by atoms with Crippen molar-refractivity contribution < 1.29 is 9.53 Å². The van der Waals surface area contributed by atoms with Crippen LogP contribution in [0, 0.1) is 0 Å². The number of amides is 1. The lowest BCUT2D eigenvalue weighted by molar-refractivity contribution is -0.121. The summed E-state index contributed by atoms with van der Waals surface area (Å²) in [5.74, 6) is 0.0994. The average Bonchev–Trinajstić information content (AvgIpc) is 2.53. The lowest BCUT2D eigenvalue weighted by Crippen LogP contribution is -2.31. The summed E-state index contributed by atoms with van der Waals surface area (Å²) in [7, 11) is 0. The fraction of sp³-hybridized carbons (Fsp3) is 0.875. The van der Waals surface area contributed by atoms with Crippen molar-refractivity contribution in [1.29, 1.82) is 0 Å². The zero-order valence-electron chi connectivity index (χ0n) is 7.01. The first-order valence-corrected chi connectivity index (χ1v) is 5.39. The van der Waals surface area contributed by atoms with Gasteiger partial charge in [-0.25, -0.2) is 0 Å². The van der Waals surface area contributed by atoms with Crippen LogP contribution >= 0.6 is 15.9 Å². The van der Waals surface area contributed by atoms with E-state index in [1.54, 1.807) is 0 Å². The van der Waals surface area contributed by atoms with Crippen molar-refractivity contribution in [2.24, 2.45) is 0 Å². The summed E-state index contributed by atoms with van der Waals surface area (Å²) in [6.45, 7) is 1.52. The summed E-state index contributed by atoms with van der Waals surface area (Å²) >= 11 is 3.21. The van der Waals surface area contributed by atoms with E-state index in [-0.39, 0.29) is 12.0 Å². The van der Waals surface area contributed by atoms with Gasteiger partial charge in [-0.2, -0.15) is 0 Å². The lowest BCUT2D eigenvalue weighted by atomic mass is 10.2. The Hall–Kier alpha value is -0.0900. The van der Waals surface area contributed by atoms with E-state index in [1.165, 1.54) is 0 Å². The van der Waals surface area contributed by atoms with Crippen LogP contribution in [0.2, 0.25) is 0 Å². The van der Waals surface area contributed by atoms with Crippen LogP contribution in [0.25, 0.3) is 0 Å². The molecule has 0 radical (unpaired) electrons. The molecule has 70 valence electrons. The van der Waals surface area contributed by atoms with Crippen LogP contribution in [0.3, 0.4) is 0 Å². The van der Waals surface area contributed by atoms with E-state index in [4.69, 9.17) is 4.74 Å². The molecule has 1 atom stereocenters. The van der Waals surface area contributed by atoms with Gasteiger partial charge in [-0.3, -0.25) is 4.79 Å². The van der Waals surface area contributed by atoms with Gasteiger partial charge in [0, 0.05) is 24.9 Å². The van der Waals surface area contributed by atoms with Crippen molar-refractivity contribution >= 4 is 21.8 Å². The lowest BCUT2D eigenvalue weighted by Gasteiger charge is -2.09. The normalized spacial score (nSPS) is 22.6. The highest BCUT2D eigenvalue weighted by molar-refractivity contribution is 9.09. The zero-order chi connectivity index (χ0) is 8.81. The number of alkyl halides is 1. The van der Waals surface area contributed by atoms with Crippen LogP contribution in [-0.2, 0) is 9.53 Å². The van der Waals surface area contributed by atoms with Crippen molar-refractivity contribution in [3.8, 4) is 0 Å². The van der Waals surface area contributed by atoms with E-state index in [0.29, 0.717) is 13.0 Å². The van der Waals surface area contributed by atoms with Gasteiger partial charge in [0.15, 0.2) is 0 Å². The molecule has 0 aromatic rings. The van der Waals surface area contributed by atoms with E-state index in [9.17, 15) is 4.79 Å². The molecule has 4 heteroatoms. The number of halogens is 1. The second-order valence-electron chi connectivity index (χ2n) is 2.88. The van der Waals surface area contributed by atoms with E-state index in [1.807, 2.05) is 0 Å². The maximum atomic E-state index is 11.0. The molecule has 3 nitrogen and oxygen atoms in total. The van der Waals surface area contributed by atoms with Crippen LogP contribution in [0.1, 0.15) is 19.3 Å². The van der Waals surface area contributed by atoms with E-state index in [0.717, 1.165) is 24.8 Å². The number of hydrogen-bond donors (Lipinski definition) is 1. The van der Waals surface area contributed by atoms with Crippen LogP contribution in [0.5, 0.6) is 0 Å². The molecule has 1 heterocycles. The topological polar surface area (TPSA) is 38.3 Å². The number of rotatable bonds is 4. The summed E-state index contributed by atoms with van der Waals surface area (Å²) in [6.07, 6.45) is 3.00. The highest BCUT2D eigenvalue weighted by Crippen LogP contribution is 2.10. The van der Waals surface area contributed by atoms with Gasteiger partial charge in [-0.05, 0) is 12.8 Å². The Bertz CT molecular complexity index is 146. The highest BCUT2D eigenvalue weighted by Gasteiger charge is 2.15. The highest BCUT2D eigenvalue weighted by atomic mass is 79.9. The predicted molar refractivity (Wildman–Crippen MR) is 50.4 cm³/mol. The summed E-state index contributed by atoms with van der Waals surface area (Å²) in [4.78, 5) is 11.0. The van der Waals surface area contributed by atoms with Crippen LogP contribution in [0.15, 0.2) is 0 Å². The van der Waals surface area contributed by atoms with Gasteiger partial charge in [-0.1, -0.05) is 15.9 Å². The molecular formula is C8H14BrNO2. The fourth-order valence-electron chi connectivity index (χ4n) is 1.21. The van der Waals surface area contributed by atoms with Gasteiger partial charge in [0.05, 0.1) is 6.10 Å². The maximum absolute atomic E-state index is 11.0.